The van der Waals surface area contributed by atoms with Crippen molar-refractivity contribution in [3.05, 3.63) is 71.7 Å². The van der Waals surface area contributed by atoms with E-state index < -0.39 is 21.7 Å². The Morgan fingerprint density at radius 3 is 2.43 bits per heavy atom. The maximum atomic E-state index is 13.1. The van der Waals surface area contributed by atoms with Gasteiger partial charge in [-0.2, -0.15) is 5.10 Å². The lowest BCUT2D eigenvalue weighted by Gasteiger charge is -2.12. The molecule has 0 saturated heterocycles. The van der Waals surface area contributed by atoms with Gasteiger partial charge in [0.05, 0.1) is 16.1 Å². The van der Waals surface area contributed by atoms with E-state index in [9.17, 15) is 17.6 Å². The number of H-pyrrole nitrogens is 1. The highest BCUT2D eigenvalue weighted by molar-refractivity contribution is 7.92. The number of aromatic amines is 1. The highest BCUT2D eigenvalue weighted by atomic mass is 32.2. The van der Waals surface area contributed by atoms with Crippen molar-refractivity contribution in [3.63, 3.8) is 0 Å². The lowest BCUT2D eigenvalue weighted by atomic mass is 10.1. The van der Waals surface area contributed by atoms with Crippen LogP contribution in [0.25, 0.3) is 0 Å². The normalized spacial score (nSPS) is 11.4. The first-order valence-corrected chi connectivity index (χ1v) is 9.98. The average molecular weight is 402 g/mol. The number of nitrogens with one attached hydrogen (secondary N) is 3. The molecule has 1 amide bonds. The van der Waals surface area contributed by atoms with Gasteiger partial charge in [-0.1, -0.05) is 26.0 Å². The molecule has 0 aliphatic rings. The van der Waals surface area contributed by atoms with Crippen molar-refractivity contribution in [2.75, 3.05) is 10.0 Å². The van der Waals surface area contributed by atoms with E-state index in [-0.39, 0.29) is 22.1 Å². The molecule has 3 rings (SSSR count). The molecule has 2 aromatic carbocycles. The fourth-order valence-corrected chi connectivity index (χ4v) is 3.55. The highest BCUT2D eigenvalue weighted by Gasteiger charge is 2.19. The molecule has 1 heterocycles. The summed E-state index contributed by atoms with van der Waals surface area (Å²) in [5.74, 6) is -0.504. The Balaban J connectivity index is 1.84. The maximum Gasteiger partial charge on any atom is 0.261 e. The van der Waals surface area contributed by atoms with Crippen molar-refractivity contribution >= 4 is 27.4 Å². The van der Waals surface area contributed by atoms with E-state index in [0.717, 1.165) is 30.0 Å². The zero-order valence-corrected chi connectivity index (χ0v) is 16.0. The molecule has 0 spiro atoms. The topological polar surface area (TPSA) is 104 Å². The summed E-state index contributed by atoms with van der Waals surface area (Å²) in [6.45, 7) is 3.97. The second-order valence-electron chi connectivity index (χ2n) is 6.42. The molecule has 0 saturated carbocycles. The molecule has 1 aromatic heterocycles. The number of sulfonamides is 1. The number of halogens is 1. The highest BCUT2D eigenvalue weighted by Crippen LogP contribution is 2.22. The molecule has 0 unspecified atom stereocenters. The number of hydrogen-bond acceptors (Lipinski definition) is 4. The van der Waals surface area contributed by atoms with Gasteiger partial charge in [0.25, 0.3) is 15.9 Å². The van der Waals surface area contributed by atoms with Gasteiger partial charge < -0.3 is 5.32 Å². The zero-order valence-electron chi connectivity index (χ0n) is 15.2. The number of aromatic nitrogens is 2. The Morgan fingerprint density at radius 1 is 1.11 bits per heavy atom. The molecule has 0 radical (unpaired) electrons. The Bertz CT molecular complexity index is 1090. The van der Waals surface area contributed by atoms with Gasteiger partial charge in [-0.25, -0.2) is 12.8 Å². The first-order chi connectivity index (χ1) is 13.3. The molecule has 3 N–H and O–H groups in total. The Kier molecular flexibility index (Phi) is 5.46. The van der Waals surface area contributed by atoms with Crippen molar-refractivity contribution in [1.29, 1.82) is 0 Å². The van der Waals surface area contributed by atoms with Crippen LogP contribution in [0.3, 0.4) is 0 Å². The third-order valence-electron chi connectivity index (χ3n) is 4.00. The first kappa shape index (κ1) is 19.6. The third-order valence-corrected chi connectivity index (χ3v) is 5.38. The van der Waals surface area contributed by atoms with Crippen LogP contribution in [0.4, 0.5) is 15.9 Å². The summed E-state index contributed by atoms with van der Waals surface area (Å²) in [4.78, 5) is 12.5. The largest absolute Gasteiger partial charge is 0.305 e. The van der Waals surface area contributed by atoms with Crippen molar-refractivity contribution in [2.24, 2.45) is 0 Å². The summed E-state index contributed by atoms with van der Waals surface area (Å²) >= 11 is 0. The monoisotopic (exact) mass is 402 g/mol. The Hall–Kier alpha value is -3.20. The smallest absolute Gasteiger partial charge is 0.261 e. The van der Waals surface area contributed by atoms with Crippen LogP contribution >= 0.6 is 0 Å². The number of para-hydroxylation sites is 1. The molecular formula is C19H19FN4O3S. The minimum Gasteiger partial charge on any atom is -0.305 e. The van der Waals surface area contributed by atoms with Crippen molar-refractivity contribution in [3.8, 4) is 0 Å². The Morgan fingerprint density at radius 2 is 1.79 bits per heavy atom. The molecule has 28 heavy (non-hydrogen) atoms. The standard InChI is InChI=1S/C19H19FN4O3S/c1-12(2)17-11-18(23-22-17)21-19(25)15-5-3-4-6-16(15)24-28(26,27)14-9-7-13(20)8-10-14/h3-12,24H,1-2H3,(H2,21,22,23,25). The second-order valence-corrected chi connectivity index (χ2v) is 8.10. The van der Waals surface area contributed by atoms with Gasteiger partial charge in [0, 0.05) is 11.8 Å². The third kappa shape index (κ3) is 4.37. The number of amides is 1. The van der Waals surface area contributed by atoms with Crippen molar-refractivity contribution in [1.82, 2.24) is 10.2 Å². The lowest BCUT2D eigenvalue weighted by molar-refractivity contribution is 0.102. The maximum absolute atomic E-state index is 13.1. The number of benzene rings is 2. The molecule has 3 aromatic rings. The summed E-state index contributed by atoms with van der Waals surface area (Å²) in [6, 6.07) is 12.3. The molecule has 7 nitrogen and oxygen atoms in total. The van der Waals surface area contributed by atoms with Crippen LogP contribution in [0.2, 0.25) is 0 Å². The van der Waals surface area contributed by atoms with Crippen molar-refractivity contribution < 1.29 is 17.6 Å². The molecule has 0 aliphatic carbocycles. The molecule has 146 valence electrons. The fraction of sp³-hybridized carbons (Fsp3) is 0.158. The van der Waals surface area contributed by atoms with Crippen LogP contribution in [0, 0.1) is 5.82 Å². The molecule has 0 fully saturated rings. The van der Waals surface area contributed by atoms with Crippen LogP contribution in [-0.2, 0) is 10.0 Å². The Labute approximate surface area is 162 Å². The summed E-state index contributed by atoms with van der Waals surface area (Å²) in [6.07, 6.45) is 0. The van der Waals surface area contributed by atoms with E-state index in [2.05, 4.69) is 20.2 Å². The lowest BCUT2D eigenvalue weighted by Crippen LogP contribution is -2.18. The fourth-order valence-electron chi connectivity index (χ4n) is 2.47. The number of rotatable bonds is 6. The van der Waals surface area contributed by atoms with Gasteiger partial charge in [-0.3, -0.25) is 14.6 Å². The predicted octanol–water partition coefficient (Wildman–Crippen LogP) is 3.73. The van der Waals surface area contributed by atoms with Gasteiger partial charge in [0.2, 0.25) is 0 Å². The van der Waals surface area contributed by atoms with Crippen LogP contribution in [0.5, 0.6) is 0 Å². The molecule has 0 aliphatic heterocycles. The van der Waals surface area contributed by atoms with E-state index >= 15 is 0 Å². The summed E-state index contributed by atoms with van der Waals surface area (Å²) in [7, 11) is -3.98. The van der Waals surface area contributed by atoms with Crippen LogP contribution in [0.15, 0.2) is 59.5 Å². The first-order valence-electron chi connectivity index (χ1n) is 8.50. The van der Waals surface area contributed by atoms with E-state index in [4.69, 9.17) is 0 Å². The number of carbonyl (C=O) groups is 1. The summed E-state index contributed by atoms with van der Waals surface area (Å²) in [5.41, 5.74) is 1.09. The second kappa shape index (κ2) is 7.81. The van der Waals surface area contributed by atoms with E-state index in [1.165, 1.54) is 12.1 Å². The number of nitrogens with zero attached hydrogens (tertiary/aromatic N) is 1. The molecule has 0 atom stereocenters. The van der Waals surface area contributed by atoms with E-state index in [1.807, 2.05) is 13.8 Å². The number of anilines is 2. The van der Waals surface area contributed by atoms with E-state index in [1.54, 1.807) is 18.2 Å². The van der Waals surface area contributed by atoms with E-state index in [0.29, 0.717) is 5.82 Å². The quantitative estimate of drug-likeness (QED) is 0.584. The summed E-state index contributed by atoms with van der Waals surface area (Å²) < 4.78 is 40.5. The minimum atomic E-state index is -3.98. The van der Waals surface area contributed by atoms with Gasteiger partial charge in [0.15, 0.2) is 5.82 Å². The van der Waals surface area contributed by atoms with Crippen LogP contribution in [-0.4, -0.2) is 24.5 Å². The van der Waals surface area contributed by atoms with Crippen LogP contribution in [0.1, 0.15) is 35.8 Å². The van der Waals surface area contributed by atoms with Gasteiger partial charge in [0.1, 0.15) is 5.82 Å². The van der Waals surface area contributed by atoms with Gasteiger partial charge in [-0.05, 0) is 42.3 Å². The SMILES string of the molecule is CC(C)c1cc(NC(=O)c2ccccc2NS(=O)(=O)c2ccc(F)cc2)n[nH]1. The summed E-state index contributed by atoms with van der Waals surface area (Å²) in [5, 5.41) is 9.51. The minimum absolute atomic E-state index is 0.101. The number of carbonyl (C=O) groups excluding carboxylic acids is 1. The van der Waals surface area contributed by atoms with Crippen molar-refractivity contribution in [2.45, 2.75) is 24.7 Å². The molecular weight excluding hydrogens is 383 g/mol. The average Bonchev–Trinajstić information content (AvgIpc) is 3.11. The zero-order chi connectivity index (χ0) is 20.3. The molecule has 0 bridgehead atoms. The number of hydrogen-bond donors (Lipinski definition) is 3. The molecule has 9 heteroatoms. The van der Waals surface area contributed by atoms with Crippen LogP contribution < -0.4 is 10.0 Å². The predicted molar refractivity (Wildman–Crippen MR) is 104 cm³/mol. The van der Waals surface area contributed by atoms with Gasteiger partial charge in [-0.15, -0.1) is 0 Å². The van der Waals surface area contributed by atoms with Gasteiger partial charge >= 0.3 is 0 Å².